The molecule has 1 aromatic heterocycles. The molecule has 3 N–H and O–H groups in total. The Morgan fingerprint density at radius 2 is 2.10 bits per heavy atom. The van der Waals surface area contributed by atoms with Gasteiger partial charge in [0.15, 0.2) is 0 Å². The van der Waals surface area contributed by atoms with Gasteiger partial charge in [-0.25, -0.2) is 0 Å². The number of nitrogens with one attached hydrogen (secondary N) is 1. The van der Waals surface area contributed by atoms with E-state index >= 15 is 0 Å². The molecule has 1 aliphatic heterocycles. The number of benzene rings is 1. The van der Waals surface area contributed by atoms with Gasteiger partial charge in [0.1, 0.15) is 0 Å². The molecule has 108 valence electrons. The van der Waals surface area contributed by atoms with Crippen molar-refractivity contribution in [1.29, 1.82) is 0 Å². The maximum absolute atomic E-state index is 12.6. The second-order valence-electron chi connectivity index (χ2n) is 5.14. The van der Waals surface area contributed by atoms with Crippen LogP contribution in [0.1, 0.15) is 27.5 Å². The van der Waals surface area contributed by atoms with E-state index in [4.69, 9.17) is 5.73 Å². The fraction of sp³-hybridized carbons (Fsp3) is 0.250. The van der Waals surface area contributed by atoms with Crippen molar-refractivity contribution in [3.8, 4) is 0 Å². The SMILES string of the molecule is NCC1c2ccccc2CCN1C(=O)c1ccc(=O)[nH]c1. The lowest BCUT2D eigenvalue weighted by Crippen LogP contribution is -2.43. The van der Waals surface area contributed by atoms with Crippen molar-refractivity contribution >= 4 is 5.91 Å². The Bertz CT molecular complexity index is 703. The molecule has 0 saturated heterocycles. The van der Waals surface area contributed by atoms with Crippen LogP contribution in [0.25, 0.3) is 0 Å². The minimum atomic E-state index is -0.217. The van der Waals surface area contributed by atoms with E-state index in [9.17, 15) is 9.59 Å². The molecule has 3 rings (SSSR count). The molecule has 0 spiro atoms. The van der Waals surface area contributed by atoms with Crippen LogP contribution in [0, 0.1) is 0 Å². The molecule has 2 heterocycles. The highest BCUT2D eigenvalue weighted by Crippen LogP contribution is 2.29. The van der Waals surface area contributed by atoms with Crippen LogP contribution in [0.2, 0.25) is 0 Å². The minimum absolute atomic E-state index is 0.101. The number of fused-ring (bicyclic) bond motifs is 1. The summed E-state index contributed by atoms with van der Waals surface area (Å²) in [5.74, 6) is -0.101. The zero-order valence-electron chi connectivity index (χ0n) is 11.6. The quantitative estimate of drug-likeness (QED) is 0.865. The van der Waals surface area contributed by atoms with Crippen molar-refractivity contribution in [1.82, 2.24) is 9.88 Å². The number of hydrogen-bond donors (Lipinski definition) is 2. The van der Waals surface area contributed by atoms with Gasteiger partial charge in [-0.1, -0.05) is 24.3 Å². The molecule has 0 fully saturated rings. The molecule has 1 atom stereocenters. The normalized spacial score (nSPS) is 17.4. The van der Waals surface area contributed by atoms with Crippen molar-refractivity contribution in [2.45, 2.75) is 12.5 Å². The van der Waals surface area contributed by atoms with E-state index in [0.717, 1.165) is 12.0 Å². The maximum atomic E-state index is 12.6. The van der Waals surface area contributed by atoms with Crippen LogP contribution in [-0.2, 0) is 6.42 Å². The van der Waals surface area contributed by atoms with Gasteiger partial charge < -0.3 is 15.6 Å². The van der Waals surface area contributed by atoms with Gasteiger partial charge in [-0.05, 0) is 23.6 Å². The predicted molar refractivity (Wildman–Crippen MR) is 80.0 cm³/mol. The van der Waals surface area contributed by atoms with Gasteiger partial charge in [-0.3, -0.25) is 9.59 Å². The Balaban J connectivity index is 1.94. The topological polar surface area (TPSA) is 79.2 Å². The summed E-state index contributed by atoms with van der Waals surface area (Å²) in [5.41, 5.74) is 8.52. The third kappa shape index (κ3) is 2.48. The van der Waals surface area contributed by atoms with E-state index in [1.165, 1.54) is 17.8 Å². The number of carbonyl (C=O) groups excluding carboxylic acids is 1. The standard InChI is InChI=1S/C16H17N3O2/c17-9-14-13-4-2-1-3-11(13)7-8-19(14)16(21)12-5-6-15(20)18-10-12/h1-6,10,14H,7-9,17H2,(H,18,20). The molecule has 2 aromatic rings. The Labute approximate surface area is 122 Å². The highest BCUT2D eigenvalue weighted by Gasteiger charge is 2.30. The van der Waals surface area contributed by atoms with Gasteiger partial charge >= 0.3 is 0 Å². The fourth-order valence-electron chi connectivity index (χ4n) is 2.86. The highest BCUT2D eigenvalue weighted by atomic mass is 16.2. The van der Waals surface area contributed by atoms with Crippen LogP contribution in [0.15, 0.2) is 47.4 Å². The number of nitrogens with two attached hydrogens (primary N) is 1. The summed E-state index contributed by atoms with van der Waals surface area (Å²) in [4.78, 5) is 28.1. The van der Waals surface area contributed by atoms with Gasteiger partial charge in [0.05, 0.1) is 11.6 Å². The molecule has 1 amide bonds. The van der Waals surface area contributed by atoms with Gasteiger partial charge in [0.25, 0.3) is 5.91 Å². The van der Waals surface area contributed by atoms with Crippen LogP contribution in [0.3, 0.4) is 0 Å². The molecule has 21 heavy (non-hydrogen) atoms. The maximum Gasteiger partial charge on any atom is 0.255 e. The van der Waals surface area contributed by atoms with Crippen molar-refractivity contribution in [2.24, 2.45) is 5.73 Å². The summed E-state index contributed by atoms with van der Waals surface area (Å²) >= 11 is 0. The van der Waals surface area contributed by atoms with Crippen LogP contribution >= 0.6 is 0 Å². The van der Waals surface area contributed by atoms with E-state index in [2.05, 4.69) is 11.1 Å². The Kier molecular flexibility index (Phi) is 3.58. The average molecular weight is 283 g/mol. The van der Waals surface area contributed by atoms with E-state index in [-0.39, 0.29) is 17.5 Å². The summed E-state index contributed by atoms with van der Waals surface area (Å²) in [6.45, 7) is 1.02. The monoisotopic (exact) mass is 283 g/mol. The summed E-state index contributed by atoms with van der Waals surface area (Å²) in [5, 5.41) is 0. The van der Waals surface area contributed by atoms with Crippen LogP contribution < -0.4 is 11.3 Å². The lowest BCUT2D eigenvalue weighted by molar-refractivity contribution is 0.0667. The third-order valence-electron chi connectivity index (χ3n) is 3.93. The Morgan fingerprint density at radius 1 is 1.29 bits per heavy atom. The van der Waals surface area contributed by atoms with Crippen molar-refractivity contribution in [3.05, 3.63) is 69.6 Å². The summed E-state index contributed by atoms with van der Waals surface area (Å²) < 4.78 is 0. The number of rotatable bonds is 2. The highest BCUT2D eigenvalue weighted by molar-refractivity contribution is 5.94. The molecular formula is C16H17N3O2. The molecule has 1 aromatic carbocycles. The van der Waals surface area contributed by atoms with Gasteiger partial charge in [-0.15, -0.1) is 0 Å². The number of H-pyrrole nitrogens is 1. The van der Waals surface area contributed by atoms with Crippen LogP contribution in [-0.4, -0.2) is 28.9 Å². The first kappa shape index (κ1) is 13.6. The zero-order valence-corrected chi connectivity index (χ0v) is 11.6. The number of amides is 1. The molecule has 1 unspecified atom stereocenters. The lowest BCUT2D eigenvalue weighted by Gasteiger charge is -2.36. The molecule has 5 heteroatoms. The molecular weight excluding hydrogens is 266 g/mol. The van der Waals surface area contributed by atoms with Crippen LogP contribution in [0.5, 0.6) is 0 Å². The molecule has 0 aliphatic carbocycles. The molecule has 0 bridgehead atoms. The van der Waals surface area contributed by atoms with Gasteiger partial charge in [0, 0.05) is 25.4 Å². The Morgan fingerprint density at radius 3 is 2.81 bits per heavy atom. The summed E-state index contributed by atoms with van der Waals surface area (Å²) in [6, 6.07) is 10.9. The van der Waals surface area contributed by atoms with Gasteiger partial charge in [-0.2, -0.15) is 0 Å². The average Bonchev–Trinajstić information content (AvgIpc) is 2.53. The summed E-state index contributed by atoms with van der Waals surface area (Å²) in [7, 11) is 0. The molecule has 0 radical (unpaired) electrons. The number of aromatic nitrogens is 1. The number of hydrogen-bond acceptors (Lipinski definition) is 3. The minimum Gasteiger partial charge on any atom is -0.330 e. The number of nitrogens with zero attached hydrogens (tertiary/aromatic N) is 1. The third-order valence-corrected chi connectivity index (χ3v) is 3.93. The van der Waals surface area contributed by atoms with Gasteiger partial charge in [0.2, 0.25) is 5.56 Å². The van der Waals surface area contributed by atoms with Crippen molar-refractivity contribution in [2.75, 3.05) is 13.1 Å². The lowest BCUT2D eigenvalue weighted by atomic mass is 9.92. The second-order valence-corrected chi connectivity index (χ2v) is 5.14. The number of aromatic amines is 1. The van der Waals surface area contributed by atoms with E-state index < -0.39 is 0 Å². The van der Waals surface area contributed by atoms with Crippen molar-refractivity contribution < 1.29 is 4.79 Å². The molecule has 0 saturated carbocycles. The first-order chi connectivity index (χ1) is 10.2. The predicted octanol–water partition coefficient (Wildman–Crippen LogP) is 1.07. The smallest absolute Gasteiger partial charge is 0.255 e. The largest absolute Gasteiger partial charge is 0.330 e. The molecule has 1 aliphatic rings. The van der Waals surface area contributed by atoms with Crippen LogP contribution in [0.4, 0.5) is 0 Å². The summed E-state index contributed by atoms with van der Waals surface area (Å²) in [6.07, 6.45) is 2.28. The molecule has 5 nitrogen and oxygen atoms in total. The van der Waals surface area contributed by atoms with Crippen molar-refractivity contribution in [3.63, 3.8) is 0 Å². The second kappa shape index (κ2) is 5.54. The zero-order chi connectivity index (χ0) is 14.8. The first-order valence-electron chi connectivity index (χ1n) is 6.98. The first-order valence-corrected chi connectivity index (χ1v) is 6.98. The Hall–Kier alpha value is -2.40. The number of carbonyl (C=O) groups is 1. The number of pyridine rings is 1. The van der Waals surface area contributed by atoms with E-state index in [1.807, 2.05) is 18.2 Å². The van der Waals surface area contributed by atoms with E-state index in [1.54, 1.807) is 11.0 Å². The van der Waals surface area contributed by atoms with E-state index in [0.29, 0.717) is 18.7 Å². The fourth-order valence-corrected chi connectivity index (χ4v) is 2.86.